The highest BCUT2D eigenvalue weighted by Gasteiger charge is 1.89. The van der Waals surface area contributed by atoms with Gasteiger partial charge in [-0.3, -0.25) is 0 Å². The van der Waals surface area contributed by atoms with Crippen molar-refractivity contribution in [3.63, 3.8) is 0 Å². The molecule has 16 heavy (non-hydrogen) atoms. The molecule has 0 radical (unpaired) electrons. The second-order valence-corrected chi connectivity index (χ2v) is 3.88. The zero-order chi connectivity index (χ0) is 10.1. The van der Waals surface area contributed by atoms with Gasteiger partial charge < -0.3 is 10.6 Å². The van der Waals surface area contributed by atoms with E-state index in [-0.39, 0.29) is 34.0 Å². The van der Waals surface area contributed by atoms with Gasteiger partial charge in [-0.2, -0.15) is 0 Å². The largest absolute Gasteiger partial charge is 0.385 e. The Kier molecular flexibility index (Phi) is 15.8. The van der Waals surface area contributed by atoms with Crippen LogP contribution in [0.1, 0.15) is 6.42 Å². The number of para-hydroxylation sites is 1. The van der Waals surface area contributed by atoms with E-state index in [4.69, 9.17) is 0 Å². The molecule has 2 N–H and O–H groups in total. The van der Waals surface area contributed by atoms with Crippen LogP contribution < -0.4 is 10.6 Å². The van der Waals surface area contributed by atoms with E-state index in [2.05, 4.69) is 38.7 Å². The van der Waals surface area contributed by atoms with Crippen LogP contribution >= 0.6 is 49.9 Å². The smallest absolute Gasteiger partial charge is 0.0340 e. The van der Waals surface area contributed by atoms with Crippen molar-refractivity contribution in [3.05, 3.63) is 30.3 Å². The molecule has 94 valence electrons. The molecule has 0 saturated carbocycles. The van der Waals surface area contributed by atoms with E-state index < -0.39 is 0 Å². The highest BCUT2D eigenvalue weighted by Crippen LogP contribution is 2.03. The summed E-state index contributed by atoms with van der Waals surface area (Å²) in [7, 11) is 0. The fraction of sp³-hybridized carbons (Fsp3) is 0.455. The summed E-state index contributed by atoms with van der Waals surface area (Å²) in [5.74, 6) is 0. The Morgan fingerprint density at radius 3 is 2.25 bits per heavy atom. The van der Waals surface area contributed by atoms with Gasteiger partial charge in [-0.05, 0) is 25.1 Å². The molecule has 1 rings (SSSR count). The number of benzene rings is 1. The van der Waals surface area contributed by atoms with Crippen molar-refractivity contribution < 1.29 is 0 Å². The molecule has 5 heteroatoms. The Morgan fingerprint density at radius 1 is 0.938 bits per heavy atom. The molecule has 2 nitrogen and oxygen atoms in total. The fourth-order valence-corrected chi connectivity index (χ4v) is 1.47. The van der Waals surface area contributed by atoms with Crippen LogP contribution in [-0.2, 0) is 0 Å². The standard InChI is InChI=1S/C11H17BrN2.2BrH/c12-7-10-13-8-4-9-14-11-5-2-1-3-6-11;;/h1-3,5-6,13-14H,4,7-10H2;2*1H. The summed E-state index contributed by atoms with van der Waals surface area (Å²) < 4.78 is 0. The maximum atomic E-state index is 3.38. The first-order chi connectivity index (χ1) is 6.93. The lowest BCUT2D eigenvalue weighted by Crippen LogP contribution is -2.19. The van der Waals surface area contributed by atoms with Gasteiger partial charge in [0.2, 0.25) is 0 Å². The van der Waals surface area contributed by atoms with E-state index >= 15 is 0 Å². The van der Waals surface area contributed by atoms with Crippen molar-refractivity contribution in [3.8, 4) is 0 Å². The van der Waals surface area contributed by atoms with E-state index in [9.17, 15) is 0 Å². The fourth-order valence-electron chi connectivity index (χ4n) is 1.19. The van der Waals surface area contributed by atoms with Gasteiger partial charge in [-0.25, -0.2) is 0 Å². The van der Waals surface area contributed by atoms with E-state index in [1.807, 2.05) is 18.2 Å². The van der Waals surface area contributed by atoms with Crippen LogP contribution in [0.3, 0.4) is 0 Å². The molecule has 0 bridgehead atoms. The van der Waals surface area contributed by atoms with Crippen molar-refractivity contribution in [2.24, 2.45) is 0 Å². The van der Waals surface area contributed by atoms with Gasteiger partial charge in [-0.15, -0.1) is 34.0 Å². The molecule has 1 aromatic carbocycles. The minimum atomic E-state index is 0. The zero-order valence-electron chi connectivity index (χ0n) is 9.12. The van der Waals surface area contributed by atoms with Crippen LogP contribution in [0.4, 0.5) is 5.69 Å². The van der Waals surface area contributed by atoms with E-state index in [0.29, 0.717) is 0 Å². The molecule has 0 aromatic heterocycles. The van der Waals surface area contributed by atoms with Crippen LogP contribution in [0.2, 0.25) is 0 Å². The highest BCUT2D eigenvalue weighted by atomic mass is 79.9. The number of halogens is 3. The molecule has 0 saturated heterocycles. The van der Waals surface area contributed by atoms with Crippen molar-refractivity contribution in [1.82, 2.24) is 5.32 Å². The van der Waals surface area contributed by atoms with Gasteiger partial charge in [0.05, 0.1) is 0 Å². The summed E-state index contributed by atoms with van der Waals surface area (Å²) in [6.45, 7) is 3.15. The van der Waals surface area contributed by atoms with Gasteiger partial charge in [0.25, 0.3) is 0 Å². The number of anilines is 1. The van der Waals surface area contributed by atoms with Crippen molar-refractivity contribution in [2.45, 2.75) is 6.42 Å². The maximum absolute atomic E-state index is 3.38. The summed E-state index contributed by atoms with van der Waals surface area (Å²) in [6.07, 6.45) is 1.15. The van der Waals surface area contributed by atoms with Crippen LogP contribution in [-0.4, -0.2) is 25.0 Å². The summed E-state index contributed by atoms with van der Waals surface area (Å²) in [4.78, 5) is 0. The molecule has 1 aromatic rings. The molecular formula is C11H19Br3N2. The van der Waals surface area contributed by atoms with E-state index in [1.165, 1.54) is 5.69 Å². The zero-order valence-corrected chi connectivity index (χ0v) is 14.1. The Bertz CT molecular complexity index is 232. The molecule has 0 spiro atoms. The maximum Gasteiger partial charge on any atom is 0.0340 e. The number of hydrogen-bond acceptors (Lipinski definition) is 2. The molecular weight excluding hydrogens is 400 g/mol. The summed E-state index contributed by atoms with van der Waals surface area (Å²) in [6, 6.07) is 10.3. The lowest BCUT2D eigenvalue weighted by atomic mass is 10.3. The lowest BCUT2D eigenvalue weighted by molar-refractivity contribution is 0.694. The molecule has 0 heterocycles. The first kappa shape index (κ1) is 18.8. The van der Waals surface area contributed by atoms with Gasteiger partial charge in [-0.1, -0.05) is 34.1 Å². The van der Waals surface area contributed by atoms with Gasteiger partial charge in [0.15, 0.2) is 0 Å². The Labute approximate surface area is 127 Å². The summed E-state index contributed by atoms with van der Waals surface area (Å²) >= 11 is 3.38. The van der Waals surface area contributed by atoms with E-state index in [0.717, 1.165) is 31.4 Å². The summed E-state index contributed by atoms with van der Waals surface area (Å²) in [5, 5.41) is 7.73. The van der Waals surface area contributed by atoms with Gasteiger partial charge in [0, 0.05) is 24.1 Å². The van der Waals surface area contributed by atoms with Crippen molar-refractivity contribution in [2.75, 3.05) is 30.3 Å². The van der Waals surface area contributed by atoms with Gasteiger partial charge >= 0.3 is 0 Å². The molecule has 0 aliphatic rings. The minimum Gasteiger partial charge on any atom is -0.385 e. The molecule has 0 atom stereocenters. The molecule has 0 fully saturated rings. The minimum absolute atomic E-state index is 0. The van der Waals surface area contributed by atoms with Crippen LogP contribution in [0.15, 0.2) is 30.3 Å². The number of hydrogen-bond donors (Lipinski definition) is 2. The van der Waals surface area contributed by atoms with Crippen LogP contribution in [0, 0.1) is 0 Å². The quantitative estimate of drug-likeness (QED) is 0.522. The van der Waals surface area contributed by atoms with Crippen molar-refractivity contribution >= 4 is 55.6 Å². The lowest BCUT2D eigenvalue weighted by Gasteiger charge is -2.06. The normalized spacial score (nSPS) is 8.81. The third kappa shape index (κ3) is 9.63. The third-order valence-corrected chi connectivity index (χ3v) is 2.30. The Hall–Kier alpha value is 0.420. The SMILES string of the molecule is Br.Br.BrCCNCCCNc1ccccc1. The molecule has 0 aliphatic carbocycles. The topological polar surface area (TPSA) is 24.1 Å². The monoisotopic (exact) mass is 416 g/mol. The highest BCUT2D eigenvalue weighted by molar-refractivity contribution is 9.09. The van der Waals surface area contributed by atoms with Gasteiger partial charge in [0.1, 0.15) is 0 Å². The molecule has 0 unspecified atom stereocenters. The average molecular weight is 419 g/mol. The number of rotatable bonds is 7. The molecule has 0 amide bonds. The first-order valence-corrected chi connectivity index (χ1v) is 6.11. The molecule has 0 aliphatic heterocycles. The predicted molar refractivity (Wildman–Crippen MR) is 86.9 cm³/mol. The average Bonchev–Trinajstić information content (AvgIpc) is 2.25. The van der Waals surface area contributed by atoms with Crippen molar-refractivity contribution in [1.29, 1.82) is 0 Å². The number of nitrogens with one attached hydrogen (secondary N) is 2. The second-order valence-electron chi connectivity index (χ2n) is 3.09. The van der Waals surface area contributed by atoms with Crippen LogP contribution in [0.25, 0.3) is 0 Å². The van der Waals surface area contributed by atoms with E-state index in [1.54, 1.807) is 0 Å². The summed E-state index contributed by atoms with van der Waals surface area (Å²) in [5.41, 5.74) is 1.20. The number of alkyl halides is 1. The second kappa shape index (κ2) is 13.5. The predicted octanol–water partition coefficient (Wildman–Crippen LogP) is 3.63. The Morgan fingerprint density at radius 2 is 1.62 bits per heavy atom. The third-order valence-electron chi connectivity index (χ3n) is 1.90. The first-order valence-electron chi connectivity index (χ1n) is 4.99. The van der Waals surface area contributed by atoms with Crippen LogP contribution in [0.5, 0.6) is 0 Å². The Balaban J connectivity index is 0.